The second kappa shape index (κ2) is 5.04. The van der Waals surface area contributed by atoms with Gasteiger partial charge >= 0.3 is 0 Å². The highest BCUT2D eigenvalue weighted by atomic mass is 32.2. The van der Waals surface area contributed by atoms with Gasteiger partial charge < -0.3 is 0 Å². The molecule has 0 aliphatic carbocycles. The minimum Gasteiger partial charge on any atom is -0.277 e. The topological polar surface area (TPSA) is 49.8 Å². The average molecular weight is 214 g/mol. The molecule has 3 heteroatoms. The number of hydrogen-bond acceptors (Lipinski definition) is 3. The molecule has 14 heavy (non-hydrogen) atoms. The maximum atomic E-state index is 9.05. The zero-order valence-corrected chi connectivity index (χ0v) is 10.7. The van der Waals surface area contributed by atoms with Crippen LogP contribution in [0.2, 0.25) is 0 Å². The first-order valence-corrected chi connectivity index (χ1v) is 5.86. The van der Waals surface area contributed by atoms with Crippen LogP contribution in [-0.2, 0) is 0 Å². The standard InChI is InChI=1S/C11H22N2S/c1-10(2,3)6-9(8-12)7-11(4,5)14-13/h9H,6-7,13H2,1-5H3. The highest BCUT2D eigenvalue weighted by molar-refractivity contribution is 7.98. The second-order valence-electron chi connectivity index (χ2n) is 5.67. The quantitative estimate of drug-likeness (QED) is 0.730. The first-order valence-electron chi connectivity index (χ1n) is 4.98. The molecule has 0 aromatic carbocycles. The van der Waals surface area contributed by atoms with Crippen molar-refractivity contribution in [1.29, 1.82) is 5.26 Å². The van der Waals surface area contributed by atoms with Crippen molar-refractivity contribution in [3.63, 3.8) is 0 Å². The lowest BCUT2D eigenvalue weighted by Crippen LogP contribution is -2.24. The van der Waals surface area contributed by atoms with Crippen LogP contribution < -0.4 is 5.14 Å². The fourth-order valence-electron chi connectivity index (χ4n) is 1.54. The summed E-state index contributed by atoms with van der Waals surface area (Å²) < 4.78 is 0.00560. The Kier molecular flexibility index (Phi) is 4.97. The average Bonchev–Trinajstić information content (AvgIpc) is 2.00. The first-order chi connectivity index (χ1) is 6.20. The molecule has 0 spiro atoms. The summed E-state index contributed by atoms with van der Waals surface area (Å²) in [6.07, 6.45) is 1.80. The van der Waals surface area contributed by atoms with Crippen molar-refractivity contribution in [2.75, 3.05) is 0 Å². The molecule has 82 valence electrons. The molecule has 0 aromatic heterocycles. The van der Waals surface area contributed by atoms with Gasteiger partial charge in [-0.3, -0.25) is 5.14 Å². The molecule has 2 N–H and O–H groups in total. The van der Waals surface area contributed by atoms with Crippen LogP contribution >= 0.6 is 11.9 Å². The minimum absolute atomic E-state index is 0.00560. The monoisotopic (exact) mass is 214 g/mol. The van der Waals surface area contributed by atoms with E-state index < -0.39 is 0 Å². The van der Waals surface area contributed by atoms with Crippen molar-refractivity contribution in [3.05, 3.63) is 0 Å². The van der Waals surface area contributed by atoms with Crippen LogP contribution in [-0.4, -0.2) is 4.75 Å². The van der Waals surface area contributed by atoms with E-state index in [1.54, 1.807) is 0 Å². The van der Waals surface area contributed by atoms with E-state index in [-0.39, 0.29) is 16.1 Å². The van der Waals surface area contributed by atoms with Gasteiger partial charge in [-0.05, 0) is 32.1 Å². The number of rotatable bonds is 4. The molecule has 0 aromatic rings. The van der Waals surface area contributed by atoms with Crippen LogP contribution in [0.5, 0.6) is 0 Å². The van der Waals surface area contributed by atoms with Crippen molar-refractivity contribution >= 4 is 11.9 Å². The van der Waals surface area contributed by atoms with Gasteiger partial charge in [0.1, 0.15) is 0 Å². The molecule has 1 unspecified atom stereocenters. The molecule has 0 heterocycles. The van der Waals surface area contributed by atoms with Crippen molar-refractivity contribution in [2.24, 2.45) is 16.5 Å². The Morgan fingerprint density at radius 2 is 1.71 bits per heavy atom. The maximum Gasteiger partial charge on any atom is 0.0656 e. The zero-order chi connectivity index (χ0) is 11.4. The second-order valence-corrected chi connectivity index (χ2v) is 7.01. The molecule has 0 bridgehead atoms. The molecule has 0 fully saturated rings. The predicted octanol–water partition coefficient (Wildman–Crippen LogP) is 3.34. The van der Waals surface area contributed by atoms with Gasteiger partial charge in [-0.15, -0.1) is 0 Å². The Balaban J connectivity index is 4.26. The molecular weight excluding hydrogens is 192 g/mol. The molecule has 0 saturated heterocycles. The Bertz CT molecular complexity index is 210. The van der Waals surface area contributed by atoms with Gasteiger partial charge in [0.05, 0.1) is 6.07 Å². The SMILES string of the molecule is CC(C)(C)CC(C#N)CC(C)(C)SN. The van der Waals surface area contributed by atoms with Crippen molar-refractivity contribution in [1.82, 2.24) is 0 Å². The van der Waals surface area contributed by atoms with Gasteiger partial charge in [0.25, 0.3) is 0 Å². The van der Waals surface area contributed by atoms with E-state index in [0.29, 0.717) is 0 Å². The number of nitrogens with two attached hydrogens (primary N) is 1. The fraction of sp³-hybridized carbons (Fsp3) is 0.909. The first kappa shape index (κ1) is 13.8. The fourth-order valence-corrected chi connectivity index (χ4v) is 1.84. The minimum atomic E-state index is 0.00560. The largest absolute Gasteiger partial charge is 0.277 e. The predicted molar refractivity (Wildman–Crippen MR) is 63.6 cm³/mol. The van der Waals surface area contributed by atoms with Crippen molar-refractivity contribution in [3.8, 4) is 6.07 Å². The van der Waals surface area contributed by atoms with Gasteiger partial charge in [0, 0.05) is 10.7 Å². The van der Waals surface area contributed by atoms with Gasteiger partial charge in [-0.1, -0.05) is 32.7 Å². The zero-order valence-electron chi connectivity index (χ0n) is 9.92. The van der Waals surface area contributed by atoms with Gasteiger partial charge in [0.15, 0.2) is 0 Å². The van der Waals surface area contributed by atoms with E-state index in [4.69, 9.17) is 10.4 Å². The Morgan fingerprint density at radius 1 is 1.21 bits per heavy atom. The van der Waals surface area contributed by atoms with Crippen LogP contribution in [0.15, 0.2) is 0 Å². The highest BCUT2D eigenvalue weighted by Crippen LogP contribution is 2.33. The molecule has 0 aliphatic rings. The molecule has 0 rings (SSSR count). The molecule has 2 nitrogen and oxygen atoms in total. The summed E-state index contributed by atoms with van der Waals surface area (Å²) in [6.45, 7) is 10.7. The van der Waals surface area contributed by atoms with Gasteiger partial charge in [-0.2, -0.15) is 5.26 Å². The van der Waals surface area contributed by atoms with E-state index in [2.05, 4.69) is 40.7 Å². The van der Waals surface area contributed by atoms with Crippen LogP contribution in [0, 0.1) is 22.7 Å². The molecule has 0 amide bonds. The number of nitrogens with zero attached hydrogens (tertiary/aromatic N) is 1. The summed E-state index contributed by atoms with van der Waals surface area (Å²) in [5.74, 6) is 0.112. The summed E-state index contributed by atoms with van der Waals surface area (Å²) in [5.41, 5.74) is 0.218. The molecule has 1 atom stereocenters. The summed E-state index contributed by atoms with van der Waals surface area (Å²) >= 11 is 1.35. The van der Waals surface area contributed by atoms with E-state index >= 15 is 0 Å². The van der Waals surface area contributed by atoms with E-state index in [9.17, 15) is 0 Å². The highest BCUT2D eigenvalue weighted by Gasteiger charge is 2.26. The lowest BCUT2D eigenvalue weighted by atomic mass is 9.82. The smallest absolute Gasteiger partial charge is 0.0656 e. The third-order valence-corrected chi connectivity index (χ3v) is 2.90. The van der Waals surface area contributed by atoms with Crippen molar-refractivity contribution < 1.29 is 0 Å². The summed E-state index contributed by atoms with van der Waals surface area (Å²) in [4.78, 5) is 0. The van der Waals surface area contributed by atoms with Crippen molar-refractivity contribution in [2.45, 2.75) is 52.2 Å². The molecule has 0 saturated carbocycles. The van der Waals surface area contributed by atoms with Crippen LogP contribution in [0.1, 0.15) is 47.5 Å². The Hall–Kier alpha value is -0.200. The lowest BCUT2D eigenvalue weighted by Gasteiger charge is -2.28. The van der Waals surface area contributed by atoms with Gasteiger partial charge in [-0.25, -0.2) is 0 Å². The van der Waals surface area contributed by atoms with E-state index in [1.807, 2.05) is 0 Å². The third-order valence-electron chi connectivity index (χ3n) is 2.10. The normalized spacial score (nSPS) is 14.9. The molecule has 0 aliphatic heterocycles. The summed E-state index contributed by atoms with van der Waals surface area (Å²) in [7, 11) is 0. The summed E-state index contributed by atoms with van der Waals surface area (Å²) in [6, 6.07) is 2.38. The maximum absolute atomic E-state index is 9.05. The van der Waals surface area contributed by atoms with Gasteiger partial charge in [0.2, 0.25) is 0 Å². The summed E-state index contributed by atoms with van der Waals surface area (Å²) in [5, 5.41) is 14.6. The third kappa shape index (κ3) is 6.28. The lowest BCUT2D eigenvalue weighted by molar-refractivity contribution is 0.310. The molecular formula is C11H22N2S. The van der Waals surface area contributed by atoms with E-state index in [0.717, 1.165) is 12.8 Å². The molecule has 0 radical (unpaired) electrons. The van der Waals surface area contributed by atoms with E-state index in [1.165, 1.54) is 11.9 Å². The number of hydrogen-bond donors (Lipinski definition) is 1. The van der Waals surface area contributed by atoms with Crippen LogP contribution in [0.25, 0.3) is 0 Å². The Labute approximate surface area is 92.4 Å². The van der Waals surface area contributed by atoms with Crippen LogP contribution in [0.4, 0.5) is 0 Å². The Morgan fingerprint density at radius 3 is 2.00 bits per heavy atom. The van der Waals surface area contributed by atoms with Crippen LogP contribution in [0.3, 0.4) is 0 Å². The number of nitriles is 1.